The minimum atomic E-state index is -0.317. The number of fused-ring (bicyclic) bond motifs is 1. The van der Waals surface area contributed by atoms with Crippen LogP contribution in [0.2, 0.25) is 0 Å². The number of esters is 1. The molecule has 0 fully saturated rings. The maximum Gasteiger partial charge on any atom is 0.342 e. The van der Waals surface area contributed by atoms with Crippen LogP contribution in [0, 0.1) is 5.92 Å². The molecular weight excluding hydrogens is 304 g/mol. The topological polar surface area (TPSA) is 44.8 Å². The molecule has 0 unspecified atom stereocenters. The molecule has 1 heterocycles. The summed E-state index contributed by atoms with van der Waals surface area (Å²) in [6.45, 7) is 2.68. The number of benzene rings is 1. The molecule has 0 radical (unpaired) electrons. The zero-order valence-electron chi connectivity index (χ0n) is 15.0. The molecule has 1 aromatic rings. The second-order valence-corrected chi connectivity index (χ2v) is 6.33. The number of hydrogen-bond acceptors (Lipinski definition) is 4. The third-order valence-electron chi connectivity index (χ3n) is 4.47. The Morgan fingerprint density at radius 3 is 2.62 bits per heavy atom. The molecule has 0 aliphatic carbocycles. The summed E-state index contributed by atoms with van der Waals surface area (Å²) in [4.78, 5) is 12.6. The van der Waals surface area contributed by atoms with Crippen molar-refractivity contribution in [3.05, 3.63) is 35.4 Å². The summed E-state index contributed by atoms with van der Waals surface area (Å²) in [6, 6.07) is 3.67. The van der Waals surface area contributed by atoms with E-state index in [0.29, 0.717) is 29.6 Å². The molecule has 0 amide bonds. The molecule has 1 atom stereocenters. The van der Waals surface area contributed by atoms with Crippen LogP contribution in [0.4, 0.5) is 0 Å². The first kappa shape index (κ1) is 18.4. The first-order chi connectivity index (χ1) is 11.7. The average molecular weight is 332 g/mol. The van der Waals surface area contributed by atoms with E-state index in [1.54, 1.807) is 20.3 Å². The lowest BCUT2D eigenvalue weighted by Crippen LogP contribution is -2.12. The quantitative estimate of drug-likeness (QED) is 0.588. The first-order valence-electron chi connectivity index (χ1n) is 8.72. The number of ether oxygens (including phenoxy) is 3. The van der Waals surface area contributed by atoms with Gasteiger partial charge in [0.25, 0.3) is 0 Å². The van der Waals surface area contributed by atoms with Crippen LogP contribution in [0.5, 0.6) is 11.5 Å². The van der Waals surface area contributed by atoms with Crippen molar-refractivity contribution in [1.29, 1.82) is 0 Å². The lowest BCUT2D eigenvalue weighted by molar-refractivity contribution is 0.0506. The highest BCUT2D eigenvalue weighted by Crippen LogP contribution is 2.31. The maximum atomic E-state index is 12.6. The molecule has 4 heteroatoms. The highest BCUT2D eigenvalue weighted by Gasteiger charge is 2.20. The number of methoxy groups -OCH3 is 2. The fourth-order valence-corrected chi connectivity index (χ4v) is 3.05. The highest BCUT2D eigenvalue weighted by atomic mass is 16.5. The van der Waals surface area contributed by atoms with Gasteiger partial charge in [0, 0.05) is 6.07 Å². The first-order valence-corrected chi connectivity index (χ1v) is 8.72. The summed E-state index contributed by atoms with van der Waals surface area (Å²) >= 11 is 0. The van der Waals surface area contributed by atoms with E-state index in [0.717, 1.165) is 37.7 Å². The van der Waals surface area contributed by atoms with Gasteiger partial charge in [-0.3, -0.25) is 0 Å². The largest absolute Gasteiger partial charge is 0.497 e. The molecule has 24 heavy (non-hydrogen) atoms. The summed E-state index contributed by atoms with van der Waals surface area (Å²) in [5, 5.41) is 0. The molecule has 0 saturated heterocycles. The number of allylic oxidation sites excluding steroid dienone is 1. The van der Waals surface area contributed by atoms with Gasteiger partial charge in [-0.15, -0.1) is 0 Å². The Morgan fingerprint density at radius 2 is 1.88 bits per heavy atom. The van der Waals surface area contributed by atoms with Crippen LogP contribution < -0.4 is 9.47 Å². The molecule has 2 rings (SSSR count). The predicted molar refractivity (Wildman–Crippen MR) is 94.9 cm³/mol. The molecule has 0 spiro atoms. The minimum Gasteiger partial charge on any atom is -0.497 e. The van der Waals surface area contributed by atoms with E-state index in [4.69, 9.17) is 14.2 Å². The molecule has 0 bridgehead atoms. The summed E-state index contributed by atoms with van der Waals surface area (Å²) in [7, 11) is 3.19. The number of aryl methyl sites for hydroxylation is 1. The van der Waals surface area contributed by atoms with Crippen LogP contribution in [-0.4, -0.2) is 26.8 Å². The fraction of sp³-hybridized carbons (Fsp3) is 0.550. The average Bonchev–Trinajstić information content (AvgIpc) is 2.59. The molecule has 0 N–H and O–H groups in total. The summed E-state index contributed by atoms with van der Waals surface area (Å²) in [5.41, 5.74) is 1.47. The Kier molecular flexibility index (Phi) is 7.16. The molecule has 1 aliphatic rings. The Hall–Kier alpha value is -1.97. The fourth-order valence-electron chi connectivity index (χ4n) is 3.05. The van der Waals surface area contributed by atoms with Gasteiger partial charge in [-0.25, -0.2) is 4.79 Å². The molecule has 0 saturated carbocycles. The highest BCUT2D eigenvalue weighted by molar-refractivity contribution is 5.94. The van der Waals surface area contributed by atoms with E-state index in [2.05, 4.69) is 19.1 Å². The van der Waals surface area contributed by atoms with E-state index >= 15 is 0 Å². The molecule has 1 aromatic carbocycles. The van der Waals surface area contributed by atoms with Crippen molar-refractivity contribution in [3.63, 3.8) is 0 Å². The van der Waals surface area contributed by atoms with E-state index in [1.165, 1.54) is 6.42 Å². The molecular formula is C20H28O4. The number of cyclic esters (lactones) is 1. The molecule has 132 valence electrons. The van der Waals surface area contributed by atoms with E-state index in [9.17, 15) is 4.79 Å². The second-order valence-electron chi connectivity index (χ2n) is 6.33. The van der Waals surface area contributed by atoms with Gasteiger partial charge < -0.3 is 14.2 Å². The number of rotatable bonds is 2. The Labute approximate surface area is 144 Å². The van der Waals surface area contributed by atoms with Crippen molar-refractivity contribution in [2.24, 2.45) is 5.92 Å². The van der Waals surface area contributed by atoms with Crippen molar-refractivity contribution < 1.29 is 19.0 Å². The van der Waals surface area contributed by atoms with Crippen LogP contribution in [-0.2, 0) is 11.2 Å². The van der Waals surface area contributed by atoms with Crippen LogP contribution in [0.1, 0.15) is 54.9 Å². The molecule has 4 nitrogen and oxygen atoms in total. The zero-order chi connectivity index (χ0) is 17.4. The van der Waals surface area contributed by atoms with Crippen molar-refractivity contribution in [2.45, 2.75) is 45.4 Å². The Bertz CT molecular complexity index is 577. The maximum absolute atomic E-state index is 12.6. The van der Waals surface area contributed by atoms with Crippen LogP contribution >= 0.6 is 0 Å². The lowest BCUT2D eigenvalue weighted by Gasteiger charge is -2.16. The summed E-state index contributed by atoms with van der Waals surface area (Å²) in [6.07, 6.45) is 10.3. The van der Waals surface area contributed by atoms with Crippen molar-refractivity contribution >= 4 is 5.97 Å². The van der Waals surface area contributed by atoms with Crippen molar-refractivity contribution in [3.8, 4) is 11.5 Å². The van der Waals surface area contributed by atoms with E-state index < -0.39 is 0 Å². The molecule has 0 aromatic heterocycles. The third kappa shape index (κ3) is 5.02. The normalized spacial score (nSPS) is 21.1. The lowest BCUT2D eigenvalue weighted by atomic mass is 9.94. The zero-order valence-corrected chi connectivity index (χ0v) is 15.0. The van der Waals surface area contributed by atoms with Crippen molar-refractivity contribution in [2.75, 3.05) is 20.8 Å². The standard InChI is InChI=1S/C20H28O4/c1-15-9-6-4-5-7-12-24-20(21)19-16(11-8-10-15)13-17(22-2)14-18(19)23-3/h4-5,13-15H,6-12H2,1-3H3/b5-4+/t15-/m1/s1. The van der Waals surface area contributed by atoms with Gasteiger partial charge in [-0.2, -0.15) is 0 Å². The number of carbonyl (C=O) groups excluding carboxylic acids is 1. The van der Waals surface area contributed by atoms with Gasteiger partial charge in [-0.1, -0.05) is 25.5 Å². The third-order valence-corrected chi connectivity index (χ3v) is 4.47. The van der Waals surface area contributed by atoms with Crippen LogP contribution in [0.15, 0.2) is 24.3 Å². The van der Waals surface area contributed by atoms with Gasteiger partial charge >= 0.3 is 5.97 Å². The van der Waals surface area contributed by atoms with Gasteiger partial charge in [0.1, 0.15) is 17.1 Å². The Balaban J connectivity index is 2.31. The van der Waals surface area contributed by atoms with Crippen LogP contribution in [0.3, 0.4) is 0 Å². The van der Waals surface area contributed by atoms with Gasteiger partial charge in [-0.05, 0) is 49.7 Å². The van der Waals surface area contributed by atoms with Gasteiger partial charge in [0.05, 0.1) is 20.8 Å². The van der Waals surface area contributed by atoms with E-state index in [1.807, 2.05) is 6.07 Å². The SMILES string of the molecule is COc1cc2c(c(OC)c1)C(=O)OCC/C=C/CC[C@@H](C)CCC2. The van der Waals surface area contributed by atoms with Crippen molar-refractivity contribution in [1.82, 2.24) is 0 Å². The Morgan fingerprint density at radius 1 is 1.08 bits per heavy atom. The smallest absolute Gasteiger partial charge is 0.342 e. The predicted octanol–water partition coefficient (Wildman–Crippen LogP) is 4.56. The second kappa shape index (κ2) is 9.36. The van der Waals surface area contributed by atoms with Gasteiger partial charge in [0.15, 0.2) is 0 Å². The monoisotopic (exact) mass is 332 g/mol. The number of carbonyl (C=O) groups is 1. The number of hydrogen-bond donors (Lipinski definition) is 0. The molecule has 1 aliphatic heterocycles. The van der Waals surface area contributed by atoms with Gasteiger partial charge in [0.2, 0.25) is 0 Å². The van der Waals surface area contributed by atoms with Crippen LogP contribution in [0.25, 0.3) is 0 Å². The minimum absolute atomic E-state index is 0.317. The summed E-state index contributed by atoms with van der Waals surface area (Å²) < 4.78 is 16.2. The van der Waals surface area contributed by atoms with E-state index in [-0.39, 0.29) is 5.97 Å². The summed E-state index contributed by atoms with van der Waals surface area (Å²) in [5.74, 6) is 1.59.